The van der Waals surface area contributed by atoms with Gasteiger partial charge in [-0.2, -0.15) is 4.31 Å². The molecule has 2 saturated heterocycles. The lowest BCUT2D eigenvalue weighted by Crippen LogP contribution is -2.37. The Morgan fingerprint density at radius 2 is 2.14 bits per heavy atom. The molecule has 6 nitrogen and oxygen atoms in total. The number of rotatable bonds is 4. The van der Waals surface area contributed by atoms with Gasteiger partial charge in [-0.25, -0.2) is 8.42 Å². The Hall–Kier alpha value is -1.60. The van der Waals surface area contributed by atoms with Crippen LogP contribution >= 0.6 is 0 Å². The van der Waals surface area contributed by atoms with E-state index in [1.165, 1.54) is 23.5 Å². The molecule has 2 aliphatic heterocycles. The normalized spacial score (nSPS) is 28.7. The molecule has 114 valence electrons. The van der Waals surface area contributed by atoms with Crippen molar-refractivity contribution in [2.75, 3.05) is 7.11 Å². The second-order valence-electron chi connectivity index (χ2n) is 5.49. The number of aliphatic carboxylic acids is 1. The van der Waals surface area contributed by atoms with E-state index in [0.29, 0.717) is 18.6 Å². The van der Waals surface area contributed by atoms with Crippen LogP contribution in [-0.2, 0) is 14.8 Å². The molecule has 2 heterocycles. The zero-order chi connectivity index (χ0) is 15.2. The van der Waals surface area contributed by atoms with Crippen LogP contribution < -0.4 is 4.74 Å². The minimum Gasteiger partial charge on any atom is -0.497 e. The first-order chi connectivity index (χ1) is 9.95. The molecule has 0 amide bonds. The van der Waals surface area contributed by atoms with Crippen molar-refractivity contribution in [3.63, 3.8) is 0 Å². The summed E-state index contributed by atoms with van der Waals surface area (Å²) in [7, 11) is -2.21. The molecule has 1 N–H and O–H groups in total. The Bertz CT molecular complexity index is 672. The fourth-order valence-electron chi connectivity index (χ4n) is 3.46. The number of hydrogen-bond acceptors (Lipinski definition) is 4. The third kappa shape index (κ3) is 2.20. The van der Waals surface area contributed by atoms with Crippen molar-refractivity contribution < 1.29 is 23.1 Å². The summed E-state index contributed by atoms with van der Waals surface area (Å²) in [5, 5.41) is 9.23. The van der Waals surface area contributed by atoms with Crippen molar-refractivity contribution in [1.29, 1.82) is 0 Å². The van der Waals surface area contributed by atoms with Gasteiger partial charge in [-0.3, -0.25) is 4.79 Å². The highest BCUT2D eigenvalue weighted by Crippen LogP contribution is 2.45. The third-order valence-electron chi connectivity index (χ3n) is 4.41. The van der Waals surface area contributed by atoms with E-state index in [0.717, 1.165) is 6.42 Å². The lowest BCUT2D eigenvalue weighted by molar-refractivity contribution is -0.142. The number of carboxylic acids is 1. The van der Waals surface area contributed by atoms with Crippen molar-refractivity contribution in [3.8, 4) is 5.75 Å². The molecule has 2 bridgehead atoms. The minimum absolute atomic E-state index is 0.157. The summed E-state index contributed by atoms with van der Waals surface area (Å²) in [4.78, 5) is 11.4. The van der Waals surface area contributed by atoms with Gasteiger partial charge < -0.3 is 9.84 Å². The first kappa shape index (κ1) is 14.3. The van der Waals surface area contributed by atoms with E-state index < -0.39 is 28.0 Å². The van der Waals surface area contributed by atoms with Crippen LogP contribution in [0.15, 0.2) is 29.2 Å². The number of fused-ring (bicyclic) bond motifs is 2. The molecule has 0 aromatic heterocycles. The van der Waals surface area contributed by atoms with E-state index in [-0.39, 0.29) is 10.9 Å². The van der Waals surface area contributed by atoms with Crippen molar-refractivity contribution in [1.82, 2.24) is 4.31 Å². The van der Waals surface area contributed by atoms with Crippen LogP contribution in [0.2, 0.25) is 0 Å². The van der Waals surface area contributed by atoms with Gasteiger partial charge in [-0.15, -0.1) is 0 Å². The quantitative estimate of drug-likeness (QED) is 0.906. The number of methoxy groups -OCH3 is 1. The lowest BCUT2D eigenvalue weighted by atomic mass is 9.89. The van der Waals surface area contributed by atoms with Gasteiger partial charge in [0.15, 0.2) is 0 Å². The van der Waals surface area contributed by atoms with Crippen LogP contribution in [0.3, 0.4) is 0 Å². The van der Waals surface area contributed by atoms with Gasteiger partial charge >= 0.3 is 5.97 Å². The molecule has 0 aliphatic carbocycles. The van der Waals surface area contributed by atoms with Crippen molar-refractivity contribution in [2.45, 2.75) is 36.2 Å². The molecule has 3 unspecified atom stereocenters. The van der Waals surface area contributed by atoms with Gasteiger partial charge in [-0.05, 0) is 31.4 Å². The molecular formula is C14H17NO5S. The summed E-state index contributed by atoms with van der Waals surface area (Å²) in [6.45, 7) is 0. The van der Waals surface area contributed by atoms with E-state index in [9.17, 15) is 18.3 Å². The third-order valence-corrected chi connectivity index (χ3v) is 6.38. The number of carbonyl (C=O) groups is 1. The second-order valence-corrected chi connectivity index (χ2v) is 7.34. The maximum absolute atomic E-state index is 12.8. The van der Waals surface area contributed by atoms with E-state index in [2.05, 4.69) is 0 Å². The van der Waals surface area contributed by atoms with E-state index in [1.807, 2.05) is 0 Å². The number of hydrogen-bond donors (Lipinski definition) is 1. The van der Waals surface area contributed by atoms with Gasteiger partial charge in [0.25, 0.3) is 0 Å². The Labute approximate surface area is 123 Å². The van der Waals surface area contributed by atoms with Gasteiger partial charge in [-0.1, -0.05) is 6.07 Å². The molecule has 21 heavy (non-hydrogen) atoms. The Morgan fingerprint density at radius 3 is 2.76 bits per heavy atom. The average molecular weight is 311 g/mol. The van der Waals surface area contributed by atoms with Crippen molar-refractivity contribution in [2.24, 2.45) is 5.92 Å². The van der Waals surface area contributed by atoms with Crippen LogP contribution in [0.1, 0.15) is 19.3 Å². The summed E-state index contributed by atoms with van der Waals surface area (Å²) in [5.74, 6) is -1.03. The van der Waals surface area contributed by atoms with Crippen LogP contribution in [0.4, 0.5) is 0 Å². The van der Waals surface area contributed by atoms with Gasteiger partial charge in [0.05, 0.1) is 17.9 Å². The second kappa shape index (κ2) is 4.99. The Morgan fingerprint density at radius 1 is 1.38 bits per heavy atom. The fourth-order valence-corrected chi connectivity index (χ4v) is 5.41. The molecule has 0 radical (unpaired) electrons. The van der Waals surface area contributed by atoms with E-state index >= 15 is 0 Å². The Kier molecular flexibility index (Phi) is 3.41. The SMILES string of the molecule is COc1cccc(S(=O)(=O)N2C3CCC2C(C(=O)O)C3)c1. The number of carboxylic acid groups (broad SMARTS) is 1. The topological polar surface area (TPSA) is 83.9 Å². The first-order valence-electron chi connectivity index (χ1n) is 6.85. The lowest BCUT2D eigenvalue weighted by Gasteiger charge is -2.22. The number of ether oxygens (including phenoxy) is 1. The number of benzene rings is 1. The smallest absolute Gasteiger partial charge is 0.308 e. The summed E-state index contributed by atoms with van der Waals surface area (Å²) in [6.07, 6.45) is 1.76. The summed E-state index contributed by atoms with van der Waals surface area (Å²) in [5.41, 5.74) is 0. The fraction of sp³-hybridized carbons (Fsp3) is 0.500. The predicted molar refractivity (Wildman–Crippen MR) is 74.6 cm³/mol. The van der Waals surface area contributed by atoms with Crippen LogP contribution in [0.25, 0.3) is 0 Å². The van der Waals surface area contributed by atoms with Gasteiger partial charge in [0, 0.05) is 18.2 Å². The minimum atomic E-state index is -3.68. The molecular weight excluding hydrogens is 294 g/mol. The summed E-state index contributed by atoms with van der Waals surface area (Å²) < 4.78 is 32.1. The van der Waals surface area contributed by atoms with Crippen LogP contribution in [0.5, 0.6) is 5.75 Å². The first-order valence-corrected chi connectivity index (χ1v) is 8.29. The van der Waals surface area contributed by atoms with Gasteiger partial charge in [0.2, 0.25) is 10.0 Å². The highest BCUT2D eigenvalue weighted by molar-refractivity contribution is 7.89. The monoisotopic (exact) mass is 311 g/mol. The molecule has 3 rings (SSSR count). The molecule has 2 fully saturated rings. The van der Waals surface area contributed by atoms with Gasteiger partial charge in [0.1, 0.15) is 5.75 Å². The van der Waals surface area contributed by atoms with E-state index in [1.54, 1.807) is 12.1 Å². The number of sulfonamides is 1. The molecule has 0 spiro atoms. The predicted octanol–water partition coefficient (Wildman–Crippen LogP) is 1.32. The van der Waals surface area contributed by atoms with Crippen LogP contribution in [-0.4, -0.2) is 43.0 Å². The summed E-state index contributed by atoms with van der Waals surface area (Å²) in [6, 6.07) is 5.67. The highest BCUT2D eigenvalue weighted by Gasteiger charge is 2.54. The highest BCUT2D eigenvalue weighted by atomic mass is 32.2. The molecule has 0 saturated carbocycles. The van der Waals surface area contributed by atoms with Crippen molar-refractivity contribution in [3.05, 3.63) is 24.3 Å². The number of nitrogens with zero attached hydrogens (tertiary/aromatic N) is 1. The molecule has 1 aromatic rings. The zero-order valence-corrected chi connectivity index (χ0v) is 12.4. The Balaban J connectivity index is 1.97. The summed E-state index contributed by atoms with van der Waals surface area (Å²) >= 11 is 0. The van der Waals surface area contributed by atoms with E-state index in [4.69, 9.17) is 4.74 Å². The maximum atomic E-state index is 12.8. The van der Waals surface area contributed by atoms with Crippen molar-refractivity contribution >= 4 is 16.0 Å². The molecule has 7 heteroatoms. The van der Waals surface area contributed by atoms with Crippen LogP contribution in [0, 0.1) is 5.92 Å². The zero-order valence-electron chi connectivity index (χ0n) is 11.6. The molecule has 2 aliphatic rings. The largest absolute Gasteiger partial charge is 0.497 e. The standard InChI is InChI=1S/C14H17NO5S/c1-20-10-3-2-4-11(8-10)21(18,19)15-9-5-6-13(15)12(7-9)14(16)17/h2-4,8-9,12-13H,5-7H2,1H3,(H,16,17). The maximum Gasteiger partial charge on any atom is 0.308 e. The molecule has 1 aromatic carbocycles. The molecule has 3 atom stereocenters. The average Bonchev–Trinajstić information content (AvgIpc) is 3.05.